The molecule has 1 aromatic rings. The van der Waals surface area contributed by atoms with E-state index in [2.05, 4.69) is 27.4 Å². The van der Waals surface area contributed by atoms with E-state index in [-0.39, 0.29) is 24.0 Å². The highest BCUT2D eigenvalue weighted by Gasteiger charge is 2.14. The van der Waals surface area contributed by atoms with Crippen LogP contribution in [0.4, 0.5) is 5.82 Å². The first-order valence-corrected chi connectivity index (χ1v) is 8.08. The molecular formula is C16H28IN5. The van der Waals surface area contributed by atoms with Crippen molar-refractivity contribution < 1.29 is 0 Å². The molecule has 0 radical (unpaired) electrons. The van der Waals surface area contributed by atoms with Crippen molar-refractivity contribution >= 4 is 35.8 Å². The Kier molecular flexibility index (Phi) is 9.94. The van der Waals surface area contributed by atoms with E-state index in [1.807, 2.05) is 24.4 Å². The van der Waals surface area contributed by atoms with Crippen LogP contribution in [0.1, 0.15) is 32.6 Å². The van der Waals surface area contributed by atoms with Crippen LogP contribution in [0.3, 0.4) is 0 Å². The van der Waals surface area contributed by atoms with Crippen LogP contribution in [0, 0.1) is 0 Å². The third-order valence-electron chi connectivity index (χ3n) is 3.56. The summed E-state index contributed by atoms with van der Waals surface area (Å²) in [6.07, 6.45) is 6.60. The van der Waals surface area contributed by atoms with Crippen molar-refractivity contribution in [3.8, 4) is 0 Å². The summed E-state index contributed by atoms with van der Waals surface area (Å²) in [5, 5.41) is 6.72. The average molecular weight is 417 g/mol. The minimum Gasteiger partial charge on any atom is -0.370 e. The zero-order valence-corrected chi connectivity index (χ0v) is 15.8. The van der Waals surface area contributed by atoms with Gasteiger partial charge in [0.05, 0.1) is 0 Å². The number of nitrogens with zero attached hydrogens (tertiary/aromatic N) is 3. The van der Waals surface area contributed by atoms with Crippen molar-refractivity contribution in [2.24, 2.45) is 4.99 Å². The number of anilines is 1. The van der Waals surface area contributed by atoms with Crippen molar-refractivity contribution in [2.45, 2.75) is 32.6 Å². The van der Waals surface area contributed by atoms with Gasteiger partial charge in [-0.25, -0.2) is 4.98 Å². The molecule has 6 heteroatoms. The summed E-state index contributed by atoms with van der Waals surface area (Å²) in [5.74, 6) is 2.04. The maximum atomic E-state index is 4.73. The minimum absolute atomic E-state index is 0. The molecule has 5 nitrogen and oxygen atoms in total. The molecule has 0 aromatic carbocycles. The first kappa shape index (κ1) is 19.0. The summed E-state index contributed by atoms with van der Waals surface area (Å²) >= 11 is 0. The van der Waals surface area contributed by atoms with E-state index >= 15 is 0 Å². The minimum atomic E-state index is 0. The molecule has 1 saturated heterocycles. The molecule has 1 fully saturated rings. The predicted molar refractivity (Wildman–Crippen MR) is 104 cm³/mol. The average Bonchev–Trinajstić information content (AvgIpc) is 3.05. The Morgan fingerprint density at radius 2 is 2.09 bits per heavy atom. The van der Waals surface area contributed by atoms with Crippen LogP contribution in [-0.2, 0) is 0 Å². The van der Waals surface area contributed by atoms with E-state index in [1.165, 1.54) is 12.8 Å². The third kappa shape index (κ3) is 6.81. The monoisotopic (exact) mass is 417 g/mol. The molecule has 0 amide bonds. The van der Waals surface area contributed by atoms with Gasteiger partial charge in [-0.15, -0.1) is 24.0 Å². The molecule has 1 aromatic heterocycles. The summed E-state index contributed by atoms with van der Waals surface area (Å²) in [6.45, 7) is 7.20. The molecule has 2 N–H and O–H groups in total. The van der Waals surface area contributed by atoms with E-state index in [0.717, 1.165) is 57.3 Å². The van der Waals surface area contributed by atoms with Crippen LogP contribution < -0.4 is 10.6 Å². The second-order valence-electron chi connectivity index (χ2n) is 5.28. The van der Waals surface area contributed by atoms with Gasteiger partial charge in [-0.2, -0.15) is 0 Å². The first-order valence-electron chi connectivity index (χ1n) is 8.08. The van der Waals surface area contributed by atoms with E-state index in [1.54, 1.807) is 0 Å². The number of unbranched alkanes of at least 4 members (excludes halogenated alkanes) is 1. The van der Waals surface area contributed by atoms with E-state index in [4.69, 9.17) is 4.99 Å². The SMILES string of the molecule is CCNC(=NCCCCNc1ccccn1)N1CCCC1.I. The maximum Gasteiger partial charge on any atom is 0.193 e. The molecule has 0 saturated carbocycles. The van der Waals surface area contributed by atoms with E-state index in [0.29, 0.717) is 0 Å². The van der Waals surface area contributed by atoms with Crippen molar-refractivity contribution in [2.75, 3.05) is 38.0 Å². The number of pyridine rings is 1. The largest absolute Gasteiger partial charge is 0.370 e. The Morgan fingerprint density at radius 3 is 2.77 bits per heavy atom. The van der Waals surface area contributed by atoms with Gasteiger partial charge in [0.25, 0.3) is 0 Å². The van der Waals surface area contributed by atoms with Gasteiger partial charge in [-0.1, -0.05) is 6.07 Å². The van der Waals surface area contributed by atoms with Crippen LogP contribution >= 0.6 is 24.0 Å². The summed E-state index contributed by atoms with van der Waals surface area (Å²) in [5.41, 5.74) is 0. The van der Waals surface area contributed by atoms with Crippen molar-refractivity contribution in [3.63, 3.8) is 0 Å². The zero-order valence-electron chi connectivity index (χ0n) is 13.4. The fourth-order valence-electron chi connectivity index (χ4n) is 2.46. The topological polar surface area (TPSA) is 52.6 Å². The Bertz CT molecular complexity index is 418. The fraction of sp³-hybridized carbons (Fsp3) is 0.625. The molecule has 0 unspecified atom stereocenters. The standard InChI is InChI=1S/C16H27N5.HI/c1-2-17-16(21-13-7-8-14-21)20-12-6-5-11-19-15-9-3-4-10-18-15;/h3-4,9-10H,2,5-8,11-14H2,1H3,(H,17,20)(H,18,19);1H. The van der Waals surface area contributed by atoms with Gasteiger partial charge < -0.3 is 15.5 Å². The molecule has 0 atom stereocenters. The molecule has 1 aliphatic rings. The van der Waals surface area contributed by atoms with Crippen LogP contribution in [0.15, 0.2) is 29.4 Å². The molecule has 1 aliphatic heterocycles. The molecule has 2 rings (SSSR count). The number of likely N-dealkylation sites (tertiary alicyclic amines) is 1. The molecule has 124 valence electrons. The van der Waals surface area contributed by atoms with Gasteiger partial charge in [0.2, 0.25) is 0 Å². The molecular weight excluding hydrogens is 389 g/mol. The lowest BCUT2D eigenvalue weighted by molar-refractivity contribution is 0.493. The zero-order chi connectivity index (χ0) is 14.8. The predicted octanol–water partition coefficient (Wildman–Crippen LogP) is 2.95. The van der Waals surface area contributed by atoms with Gasteiger partial charge in [-0.05, 0) is 44.7 Å². The maximum absolute atomic E-state index is 4.73. The lowest BCUT2D eigenvalue weighted by Gasteiger charge is -2.20. The number of nitrogens with one attached hydrogen (secondary N) is 2. The molecule has 0 aliphatic carbocycles. The number of aromatic nitrogens is 1. The Labute approximate surface area is 151 Å². The normalized spacial score (nSPS) is 14.6. The number of halogens is 1. The van der Waals surface area contributed by atoms with Crippen molar-refractivity contribution in [1.82, 2.24) is 15.2 Å². The summed E-state index contributed by atoms with van der Waals surface area (Å²) in [6, 6.07) is 5.92. The number of hydrogen-bond donors (Lipinski definition) is 2. The second-order valence-corrected chi connectivity index (χ2v) is 5.28. The highest BCUT2D eigenvalue weighted by Crippen LogP contribution is 2.07. The smallest absolute Gasteiger partial charge is 0.193 e. The van der Waals surface area contributed by atoms with Gasteiger partial charge in [0.1, 0.15) is 5.82 Å². The summed E-state index contributed by atoms with van der Waals surface area (Å²) in [7, 11) is 0. The molecule has 2 heterocycles. The van der Waals surface area contributed by atoms with Crippen molar-refractivity contribution in [3.05, 3.63) is 24.4 Å². The van der Waals surface area contributed by atoms with E-state index < -0.39 is 0 Å². The molecule has 0 spiro atoms. The third-order valence-corrected chi connectivity index (χ3v) is 3.56. The molecule has 0 bridgehead atoms. The highest BCUT2D eigenvalue weighted by atomic mass is 127. The van der Waals surface area contributed by atoms with Gasteiger partial charge in [-0.3, -0.25) is 4.99 Å². The van der Waals surface area contributed by atoms with E-state index in [9.17, 15) is 0 Å². The van der Waals surface area contributed by atoms with Crippen LogP contribution in [0.2, 0.25) is 0 Å². The number of aliphatic imine (C=N–C) groups is 1. The number of hydrogen-bond acceptors (Lipinski definition) is 3. The first-order chi connectivity index (χ1) is 10.4. The Morgan fingerprint density at radius 1 is 1.27 bits per heavy atom. The quantitative estimate of drug-likeness (QED) is 0.310. The lowest BCUT2D eigenvalue weighted by Crippen LogP contribution is -2.39. The lowest BCUT2D eigenvalue weighted by atomic mass is 10.3. The van der Waals surface area contributed by atoms with Crippen LogP contribution in [0.25, 0.3) is 0 Å². The second kappa shape index (κ2) is 11.5. The van der Waals surface area contributed by atoms with Gasteiger partial charge >= 0.3 is 0 Å². The van der Waals surface area contributed by atoms with Crippen LogP contribution in [-0.4, -0.2) is 48.6 Å². The Balaban J connectivity index is 0.00000242. The number of guanidine groups is 1. The van der Waals surface area contributed by atoms with Gasteiger partial charge in [0, 0.05) is 38.9 Å². The Hall–Kier alpha value is -1.05. The van der Waals surface area contributed by atoms with Crippen molar-refractivity contribution in [1.29, 1.82) is 0 Å². The molecule has 22 heavy (non-hydrogen) atoms. The summed E-state index contributed by atoms with van der Waals surface area (Å²) < 4.78 is 0. The summed E-state index contributed by atoms with van der Waals surface area (Å²) in [4.78, 5) is 11.3. The highest BCUT2D eigenvalue weighted by molar-refractivity contribution is 14.0. The number of rotatable bonds is 7. The fourth-order valence-corrected chi connectivity index (χ4v) is 2.46. The van der Waals surface area contributed by atoms with Gasteiger partial charge in [0.15, 0.2) is 5.96 Å². The van der Waals surface area contributed by atoms with Crippen LogP contribution in [0.5, 0.6) is 0 Å².